The third-order valence-corrected chi connectivity index (χ3v) is 6.36. The van der Waals surface area contributed by atoms with Gasteiger partial charge >= 0.3 is 0 Å². The van der Waals surface area contributed by atoms with Crippen LogP contribution in [-0.2, 0) is 12.8 Å². The number of rotatable bonds is 0. The van der Waals surface area contributed by atoms with Crippen molar-refractivity contribution in [1.29, 1.82) is 0 Å². The molecule has 1 aromatic rings. The van der Waals surface area contributed by atoms with Crippen LogP contribution in [0.3, 0.4) is 0 Å². The van der Waals surface area contributed by atoms with E-state index in [9.17, 15) is 0 Å². The van der Waals surface area contributed by atoms with Crippen molar-refractivity contribution < 1.29 is 0 Å². The lowest BCUT2D eigenvalue weighted by Crippen LogP contribution is -2.33. The van der Waals surface area contributed by atoms with E-state index in [0.717, 1.165) is 24.2 Å². The van der Waals surface area contributed by atoms with Crippen LogP contribution in [0.15, 0.2) is 12.5 Å². The molecule has 0 spiro atoms. The molecule has 2 nitrogen and oxygen atoms in total. The van der Waals surface area contributed by atoms with E-state index in [2.05, 4.69) is 44.6 Å². The minimum Gasteiger partial charge on any atom is -0.245 e. The van der Waals surface area contributed by atoms with Crippen molar-refractivity contribution in [3.63, 3.8) is 0 Å². The highest BCUT2D eigenvalue weighted by molar-refractivity contribution is 5.25. The molecule has 1 aromatic heterocycles. The normalized spacial score (nSPS) is 35.9. The number of hydrogen-bond acceptors (Lipinski definition) is 2. The molecule has 0 saturated heterocycles. The fraction of sp³-hybridized carbons (Fsp3) is 0.750. The molecule has 0 bridgehead atoms. The first-order valence-corrected chi connectivity index (χ1v) is 7.13. The fourth-order valence-electron chi connectivity index (χ4n) is 4.63. The van der Waals surface area contributed by atoms with Gasteiger partial charge in [-0.3, -0.25) is 0 Å². The van der Waals surface area contributed by atoms with Crippen molar-refractivity contribution in [2.24, 2.45) is 28.6 Å². The maximum absolute atomic E-state index is 4.51. The molecule has 0 amide bonds. The summed E-state index contributed by atoms with van der Waals surface area (Å²) in [5.41, 5.74) is 3.51. The first kappa shape index (κ1) is 12.1. The van der Waals surface area contributed by atoms with Gasteiger partial charge in [0.05, 0.1) is 0 Å². The summed E-state index contributed by atoms with van der Waals surface area (Å²) in [4.78, 5) is 8.71. The Morgan fingerprint density at radius 3 is 2.33 bits per heavy atom. The first-order valence-electron chi connectivity index (χ1n) is 7.13. The molecular formula is C16H24N2. The Morgan fingerprint density at radius 2 is 1.67 bits per heavy atom. The Kier molecular flexibility index (Phi) is 2.39. The van der Waals surface area contributed by atoms with Gasteiger partial charge in [0, 0.05) is 11.9 Å². The molecule has 98 valence electrons. The zero-order chi connectivity index (χ0) is 13.1. The average molecular weight is 244 g/mol. The van der Waals surface area contributed by atoms with E-state index >= 15 is 0 Å². The third kappa shape index (κ3) is 1.41. The van der Waals surface area contributed by atoms with Crippen LogP contribution < -0.4 is 0 Å². The summed E-state index contributed by atoms with van der Waals surface area (Å²) < 4.78 is 0. The SMILES string of the molecule is CC1C(C)(C)C2Cc3cncnc3CC2C1(C)C. The second kappa shape index (κ2) is 3.55. The van der Waals surface area contributed by atoms with E-state index in [4.69, 9.17) is 0 Å². The lowest BCUT2D eigenvalue weighted by molar-refractivity contribution is 0.151. The van der Waals surface area contributed by atoms with Crippen LogP contribution in [0.2, 0.25) is 0 Å². The smallest absolute Gasteiger partial charge is 0.115 e. The summed E-state index contributed by atoms with van der Waals surface area (Å²) >= 11 is 0. The number of fused-ring (bicyclic) bond motifs is 2. The van der Waals surface area contributed by atoms with Gasteiger partial charge in [0.2, 0.25) is 0 Å². The van der Waals surface area contributed by atoms with Gasteiger partial charge in [-0.05, 0) is 47.0 Å². The molecule has 1 saturated carbocycles. The van der Waals surface area contributed by atoms with Gasteiger partial charge in [-0.25, -0.2) is 9.97 Å². The van der Waals surface area contributed by atoms with Crippen molar-refractivity contribution in [3.05, 3.63) is 23.8 Å². The first-order chi connectivity index (χ1) is 8.35. The van der Waals surface area contributed by atoms with Crippen LogP contribution >= 0.6 is 0 Å². The monoisotopic (exact) mass is 244 g/mol. The predicted octanol–water partition coefficient (Wildman–Crippen LogP) is 3.51. The minimum atomic E-state index is 0.413. The molecule has 3 rings (SSSR count). The lowest BCUT2D eigenvalue weighted by atomic mass is 9.68. The van der Waals surface area contributed by atoms with Crippen LogP contribution in [0.25, 0.3) is 0 Å². The van der Waals surface area contributed by atoms with Gasteiger partial charge in [-0.1, -0.05) is 34.6 Å². The van der Waals surface area contributed by atoms with E-state index < -0.39 is 0 Å². The summed E-state index contributed by atoms with van der Waals surface area (Å²) in [7, 11) is 0. The highest BCUT2D eigenvalue weighted by atomic mass is 14.8. The predicted molar refractivity (Wildman–Crippen MR) is 73.1 cm³/mol. The second-order valence-corrected chi connectivity index (χ2v) is 7.48. The topological polar surface area (TPSA) is 25.8 Å². The molecular weight excluding hydrogens is 220 g/mol. The summed E-state index contributed by atoms with van der Waals surface area (Å²) in [6.45, 7) is 12.3. The zero-order valence-corrected chi connectivity index (χ0v) is 12.2. The Hall–Kier alpha value is -0.920. The average Bonchev–Trinajstić information content (AvgIpc) is 2.47. The van der Waals surface area contributed by atoms with E-state index in [1.54, 1.807) is 6.33 Å². The van der Waals surface area contributed by atoms with Gasteiger partial charge in [-0.15, -0.1) is 0 Å². The molecule has 3 atom stereocenters. The highest BCUT2D eigenvalue weighted by Crippen LogP contribution is 2.63. The van der Waals surface area contributed by atoms with Gasteiger partial charge in [-0.2, -0.15) is 0 Å². The van der Waals surface area contributed by atoms with Gasteiger partial charge in [0.1, 0.15) is 6.33 Å². The van der Waals surface area contributed by atoms with Crippen LogP contribution in [-0.4, -0.2) is 9.97 Å². The maximum Gasteiger partial charge on any atom is 0.115 e. The van der Waals surface area contributed by atoms with Crippen LogP contribution in [0, 0.1) is 28.6 Å². The minimum absolute atomic E-state index is 0.413. The highest BCUT2D eigenvalue weighted by Gasteiger charge is 2.58. The van der Waals surface area contributed by atoms with Gasteiger partial charge in [0.25, 0.3) is 0 Å². The lowest BCUT2D eigenvalue weighted by Gasteiger charge is -2.36. The summed E-state index contributed by atoms with van der Waals surface area (Å²) in [5, 5.41) is 0. The Bertz CT molecular complexity index is 433. The standard InChI is InChI=1S/C16H24N2/c1-10-15(2,3)12-6-11-8-17-9-18-14(11)7-13(12)16(10,4)5/h8-10,12-13H,6-7H2,1-5H3. The van der Waals surface area contributed by atoms with Gasteiger partial charge < -0.3 is 0 Å². The van der Waals surface area contributed by atoms with E-state index in [-0.39, 0.29) is 0 Å². The molecule has 0 aromatic carbocycles. The van der Waals surface area contributed by atoms with Crippen molar-refractivity contribution in [2.75, 3.05) is 0 Å². The molecule has 2 aliphatic carbocycles. The number of nitrogens with zero attached hydrogens (tertiary/aromatic N) is 2. The zero-order valence-electron chi connectivity index (χ0n) is 12.2. The molecule has 0 aliphatic heterocycles. The Morgan fingerprint density at radius 1 is 1.06 bits per heavy atom. The summed E-state index contributed by atoms with van der Waals surface area (Å²) in [6.07, 6.45) is 6.05. The quantitative estimate of drug-likeness (QED) is 0.698. The summed E-state index contributed by atoms with van der Waals surface area (Å²) in [5.74, 6) is 2.30. The van der Waals surface area contributed by atoms with Crippen molar-refractivity contribution in [2.45, 2.75) is 47.5 Å². The van der Waals surface area contributed by atoms with E-state index in [0.29, 0.717) is 10.8 Å². The summed E-state index contributed by atoms with van der Waals surface area (Å²) in [6, 6.07) is 0. The molecule has 0 N–H and O–H groups in total. The molecule has 2 aliphatic rings. The second-order valence-electron chi connectivity index (χ2n) is 7.48. The van der Waals surface area contributed by atoms with Crippen LogP contribution in [0.1, 0.15) is 45.9 Å². The Labute approximate surface area is 110 Å². The molecule has 0 radical (unpaired) electrons. The maximum atomic E-state index is 4.51. The molecule has 3 unspecified atom stereocenters. The van der Waals surface area contributed by atoms with Crippen LogP contribution in [0.5, 0.6) is 0 Å². The fourth-order valence-corrected chi connectivity index (χ4v) is 4.63. The number of hydrogen-bond donors (Lipinski definition) is 0. The van der Waals surface area contributed by atoms with Crippen LogP contribution in [0.4, 0.5) is 0 Å². The van der Waals surface area contributed by atoms with E-state index in [1.165, 1.54) is 17.7 Å². The van der Waals surface area contributed by atoms with E-state index in [1.807, 2.05) is 6.20 Å². The largest absolute Gasteiger partial charge is 0.245 e. The molecule has 1 heterocycles. The van der Waals surface area contributed by atoms with Crippen molar-refractivity contribution in [3.8, 4) is 0 Å². The van der Waals surface area contributed by atoms with Crippen molar-refractivity contribution in [1.82, 2.24) is 9.97 Å². The van der Waals surface area contributed by atoms with Crippen molar-refractivity contribution >= 4 is 0 Å². The molecule has 2 heteroatoms. The third-order valence-electron chi connectivity index (χ3n) is 6.36. The molecule has 18 heavy (non-hydrogen) atoms. The number of aromatic nitrogens is 2. The van der Waals surface area contributed by atoms with Gasteiger partial charge in [0.15, 0.2) is 0 Å². The Balaban J connectivity index is 2.06. The molecule has 1 fully saturated rings.